The van der Waals surface area contributed by atoms with Crippen molar-refractivity contribution in [2.45, 2.75) is 12.8 Å². The maximum absolute atomic E-state index is 10.6. The Kier molecular flexibility index (Phi) is 3.31. The molecule has 1 unspecified atom stereocenters. The summed E-state index contributed by atoms with van der Waals surface area (Å²) in [6, 6.07) is 6.12. The molecule has 0 saturated carbocycles. The minimum atomic E-state index is -0.103. The number of fused-ring (bicyclic) bond motifs is 1. The van der Waals surface area contributed by atoms with E-state index in [1.165, 1.54) is 11.1 Å². The maximum Gasteiger partial charge on any atom is 0.202 e. The summed E-state index contributed by atoms with van der Waals surface area (Å²) in [6.07, 6.45) is 3.70. The zero-order valence-corrected chi connectivity index (χ0v) is 9.30. The third-order valence-electron chi connectivity index (χ3n) is 2.62. The van der Waals surface area contributed by atoms with Gasteiger partial charge in [-0.3, -0.25) is 4.79 Å². The molecule has 0 fully saturated rings. The van der Waals surface area contributed by atoms with Gasteiger partial charge in [-0.25, -0.2) is 0 Å². The molecule has 0 N–H and O–H groups in total. The van der Waals surface area contributed by atoms with Crippen LogP contribution in [0.3, 0.4) is 0 Å². The van der Waals surface area contributed by atoms with Crippen molar-refractivity contribution in [3.8, 4) is 5.75 Å². The van der Waals surface area contributed by atoms with Crippen LogP contribution in [0.5, 0.6) is 5.75 Å². The first kappa shape index (κ1) is 10.6. The molecule has 2 nitrogen and oxygen atoms in total. The Hall–Kier alpha value is -0.960. The van der Waals surface area contributed by atoms with Crippen LogP contribution < -0.4 is 4.74 Å². The van der Waals surface area contributed by atoms with Gasteiger partial charge in [-0.05, 0) is 23.6 Å². The highest BCUT2D eigenvalue weighted by Gasteiger charge is 2.14. The number of hydrogen-bond donors (Lipinski definition) is 1. The summed E-state index contributed by atoms with van der Waals surface area (Å²) in [5.74, 6) is 1.43. The topological polar surface area (TPSA) is 26.3 Å². The highest BCUT2D eigenvalue weighted by atomic mass is 32.1. The smallest absolute Gasteiger partial charge is 0.202 e. The zero-order valence-electron chi connectivity index (χ0n) is 8.40. The first-order valence-electron chi connectivity index (χ1n) is 5.06. The molecular formula is C12H13O2S. The summed E-state index contributed by atoms with van der Waals surface area (Å²) < 4.78 is 5.42. The van der Waals surface area contributed by atoms with E-state index < -0.39 is 0 Å². The van der Waals surface area contributed by atoms with Crippen LogP contribution >= 0.6 is 12.6 Å². The van der Waals surface area contributed by atoms with Crippen LogP contribution in [-0.2, 0) is 17.6 Å². The minimum absolute atomic E-state index is 0.103. The third kappa shape index (κ3) is 2.34. The van der Waals surface area contributed by atoms with Gasteiger partial charge < -0.3 is 4.74 Å². The second kappa shape index (κ2) is 4.71. The Labute approximate surface area is 95.0 Å². The molecular weight excluding hydrogens is 208 g/mol. The molecule has 1 aromatic carbocycles. The molecule has 0 bridgehead atoms. The number of carbonyl (C=O) groups excluding carboxylic acids is 1. The molecule has 1 aromatic rings. The Morgan fingerprint density at radius 2 is 2.40 bits per heavy atom. The normalized spacial score (nSPS) is 15.5. The van der Waals surface area contributed by atoms with Gasteiger partial charge in [-0.2, -0.15) is 12.6 Å². The van der Waals surface area contributed by atoms with Crippen molar-refractivity contribution in [1.82, 2.24) is 0 Å². The van der Waals surface area contributed by atoms with Crippen LogP contribution in [0.15, 0.2) is 18.2 Å². The van der Waals surface area contributed by atoms with Gasteiger partial charge in [-0.15, -0.1) is 0 Å². The molecule has 2 rings (SSSR count). The van der Waals surface area contributed by atoms with Gasteiger partial charge in [0.2, 0.25) is 6.29 Å². The van der Waals surface area contributed by atoms with Gasteiger partial charge in [0.15, 0.2) is 0 Å². The fraction of sp³-hybridized carbons (Fsp3) is 0.417. The summed E-state index contributed by atoms with van der Waals surface area (Å²) in [5.41, 5.74) is 2.41. The summed E-state index contributed by atoms with van der Waals surface area (Å²) in [4.78, 5) is 10.6. The minimum Gasteiger partial charge on any atom is -0.493 e. The molecule has 0 saturated heterocycles. The number of hydrogen-bond acceptors (Lipinski definition) is 3. The number of thiol groups is 1. The van der Waals surface area contributed by atoms with Crippen LogP contribution in [0.1, 0.15) is 11.1 Å². The quantitative estimate of drug-likeness (QED) is 0.785. The first-order valence-corrected chi connectivity index (χ1v) is 5.70. The average molecular weight is 221 g/mol. The van der Waals surface area contributed by atoms with E-state index in [4.69, 9.17) is 4.74 Å². The van der Waals surface area contributed by atoms with E-state index in [0.717, 1.165) is 25.2 Å². The standard InChI is InChI=1S/C12H13O2S/c13-7-10(8-15)5-9-1-2-12-11(6-9)3-4-14-12/h1-2,6,10,15H,3-5,8H2. The van der Waals surface area contributed by atoms with E-state index in [-0.39, 0.29) is 5.92 Å². The number of rotatable bonds is 4. The van der Waals surface area contributed by atoms with Gasteiger partial charge in [0.1, 0.15) is 5.75 Å². The lowest BCUT2D eigenvalue weighted by atomic mass is 10.00. The molecule has 1 heterocycles. The van der Waals surface area contributed by atoms with Gasteiger partial charge in [0, 0.05) is 18.1 Å². The second-order valence-corrected chi connectivity index (χ2v) is 4.11. The molecule has 3 heteroatoms. The fourth-order valence-electron chi connectivity index (χ4n) is 1.79. The number of ether oxygens (including phenoxy) is 1. The molecule has 1 radical (unpaired) electrons. The molecule has 79 valence electrons. The van der Waals surface area contributed by atoms with Crippen molar-refractivity contribution < 1.29 is 9.53 Å². The van der Waals surface area contributed by atoms with Crippen molar-refractivity contribution >= 4 is 18.9 Å². The predicted molar refractivity (Wildman–Crippen MR) is 62.4 cm³/mol. The van der Waals surface area contributed by atoms with Crippen molar-refractivity contribution in [1.29, 1.82) is 0 Å². The Bertz CT molecular complexity index is 363. The molecule has 1 aliphatic rings. The predicted octanol–water partition coefficient (Wildman–Crippen LogP) is 1.82. The SMILES string of the molecule is O=[C]C(CS)Cc1ccc2c(c1)CCO2. The number of benzene rings is 1. The zero-order chi connectivity index (χ0) is 10.7. The van der Waals surface area contributed by atoms with Crippen LogP contribution in [0.2, 0.25) is 0 Å². The highest BCUT2D eigenvalue weighted by Crippen LogP contribution is 2.26. The van der Waals surface area contributed by atoms with Crippen LogP contribution in [0.4, 0.5) is 0 Å². The lowest BCUT2D eigenvalue weighted by Gasteiger charge is -2.07. The Morgan fingerprint density at radius 3 is 3.13 bits per heavy atom. The van der Waals surface area contributed by atoms with Crippen LogP contribution in [0, 0.1) is 5.92 Å². The summed E-state index contributed by atoms with van der Waals surface area (Å²) >= 11 is 4.12. The van der Waals surface area contributed by atoms with E-state index in [1.807, 2.05) is 18.4 Å². The summed E-state index contributed by atoms with van der Waals surface area (Å²) in [7, 11) is 0. The summed E-state index contributed by atoms with van der Waals surface area (Å²) in [6.45, 7) is 0.772. The lowest BCUT2D eigenvalue weighted by molar-refractivity contribution is 0.357. The lowest BCUT2D eigenvalue weighted by Crippen LogP contribution is -2.07. The van der Waals surface area contributed by atoms with E-state index in [9.17, 15) is 4.79 Å². The molecule has 0 spiro atoms. The monoisotopic (exact) mass is 221 g/mol. The van der Waals surface area contributed by atoms with E-state index in [2.05, 4.69) is 18.7 Å². The molecule has 0 aromatic heterocycles. The molecule has 15 heavy (non-hydrogen) atoms. The van der Waals surface area contributed by atoms with Gasteiger partial charge in [0.25, 0.3) is 0 Å². The third-order valence-corrected chi connectivity index (χ3v) is 3.06. The van der Waals surface area contributed by atoms with Crippen molar-refractivity contribution in [2.75, 3.05) is 12.4 Å². The second-order valence-electron chi connectivity index (χ2n) is 3.74. The van der Waals surface area contributed by atoms with Gasteiger partial charge >= 0.3 is 0 Å². The molecule has 0 aliphatic carbocycles. The molecule has 1 aliphatic heterocycles. The average Bonchev–Trinajstić information content (AvgIpc) is 2.73. The van der Waals surface area contributed by atoms with Gasteiger partial charge in [-0.1, -0.05) is 12.1 Å². The van der Waals surface area contributed by atoms with Crippen molar-refractivity contribution in [3.05, 3.63) is 29.3 Å². The Morgan fingerprint density at radius 1 is 1.53 bits per heavy atom. The van der Waals surface area contributed by atoms with Crippen molar-refractivity contribution in [2.24, 2.45) is 5.92 Å². The van der Waals surface area contributed by atoms with E-state index in [0.29, 0.717) is 5.75 Å². The van der Waals surface area contributed by atoms with Crippen LogP contribution in [0.25, 0.3) is 0 Å². The molecule has 0 amide bonds. The first-order chi connectivity index (χ1) is 7.33. The molecule has 1 atom stereocenters. The largest absolute Gasteiger partial charge is 0.493 e. The van der Waals surface area contributed by atoms with E-state index in [1.54, 1.807) is 0 Å². The highest BCUT2D eigenvalue weighted by molar-refractivity contribution is 7.80. The van der Waals surface area contributed by atoms with Crippen LogP contribution in [-0.4, -0.2) is 18.6 Å². The fourth-order valence-corrected chi connectivity index (χ4v) is 2.00. The van der Waals surface area contributed by atoms with E-state index >= 15 is 0 Å². The Balaban J connectivity index is 2.12. The van der Waals surface area contributed by atoms with Crippen molar-refractivity contribution in [3.63, 3.8) is 0 Å². The summed E-state index contributed by atoms with van der Waals surface area (Å²) in [5, 5.41) is 0. The maximum atomic E-state index is 10.6. The van der Waals surface area contributed by atoms with Gasteiger partial charge in [0.05, 0.1) is 6.61 Å².